The molecule has 0 bridgehead atoms. The van der Waals surface area contributed by atoms with Crippen molar-refractivity contribution < 1.29 is 19.0 Å². The Morgan fingerprint density at radius 1 is 1.64 bits per heavy atom. The van der Waals surface area contributed by atoms with Crippen LogP contribution in [0.5, 0.6) is 11.5 Å². The van der Waals surface area contributed by atoms with E-state index in [0.29, 0.717) is 0 Å². The fourth-order valence-electron chi connectivity index (χ4n) is 1.25. The predicted molar refractivity (Wildman–Crippen MR) is 47.9 cm³/mol. The molecule has 1 rings (SSSR count). The van der Waals surface area contributed by atoms with Crippen LogP contribution >= 0.6 is 0 Å². The highest BCUT2D eigenvalue weighted by atomic mass is 19.1. The van der Waals surface area contributed by atoms with Gasteiger partial charge in [-0.2, -0.15) is 0 Å². The van der Waals surface area contributed by atoms with Gasteiger partial charge in [0.2, 0.25) is 0 Å². The molecule has 0 saturated heterocycles. The van der Waals surface area contributed by atoms with E-state index in [2.05, 4.69) is 4.74 Å². The van der Waals surface area contributed by atoms with Crippen molar-refractivity contribution in [3.63, 3.8) is 0 Å². The second-order valence-corrected chi connectivity index (χ2v) is 2.80. The van der Waals surface area contributed by atoms with E-state index in [1.165, 1.54) is 14.0 Å². The Bertz CT molecular complexity index is 390. The molecule has 0 aliphatic heterocycles. The van der Waals surface area contributed by atoms with Crippen LogP contribution in [0.4, 0.5) is 4.39 Å². The zero-order valence-corrected chi connectivity index (χ0v) is 7.80. The van der Waals surface area contributed by atoms with E-state index in [0.717, 1.165) is 6.07 Å². The number of aryl methyl sites for hydroxylation is 1. The fourth-order valence-corrected chi connectivity index (χ4v) is 1.25. The first-order chi connectivity index (χ1) is 6.49. The highest BCUT2D eigenvalue weighted by Gasteiger charge is 2.19. The molecule has 0 aliphatic rings. The van der Waals surface area contributed by atoms with Gasteiger partial charge in [0, 0.05) is 0 Å². The molecule has 0 aliphatic carbocycles. The summed E-state index contributed by atoms with van der Waals surface area (Å²) in [6.07, 6.45) is 0. The van der Waals surface area contributed by atoms with Crippen molar-refractivity contribution in [3.05, 3.63) is 23.0 Å². The maximum atomic E-state index is 13.1. The van der Waals surface area contributed by atoms with E-state index >= 15 is 0 Å². The average Bonchev–Trinajstić information content (AvgIpc) is 2.02. The molecule has 4 nitrogen and oxygen atoms in total. The van der Waals surface area contributed by atoms with Crippen molar-refractivity contribution in [2.45, 2.75) is 6.92 Å². The molecule has 0 heterocycles. The molecule has 0 radical (unpaired) electrons. The van der Waals surface area contributed by atoms with Crippen molar-refractivity contribution in [2.24, 2.45) is 5.73 Å². The van der Waals surface area contributed by atoms with Crippen molar-refractivity contribution in [1.82, 2.24) is 0 Å². The Kier molecular flexibility index (Phi) is 2.60. The Morgan fingerprint density at radius 3 is 2.64 bits per heavy atom. The molecule has 76 valence electrons. The van der Waals surface area contributed by atoms with Crippen molar-refractivity contribution >= 4 is 5.91 Å². The number of carbonyl (C=O) groups is 1. The average molecular weight is 199 g/mol. The van der Waals surface area contributed by atoms with Gasteiger partial charge in [-0.25, -0.2) is 4.39 Å². The van der Waals surface area contributed by atoms with E-state index < -0.39 is 17.5 Å². The first kappa shape index (κ1) is 10.3. The molecule has 0 spiro atoms. The third kappa shape index (κ3) is 1.48. The quantitative estimate of drug-likeness (QED) is 0.744. The van der Waals surface area contributed by atoms with Crippen LogP contribution in [-0.4, -0.2) is 18.1 Å². The van der Waals surface area contributed by atoms with Gasteiger partial charge in [0.1, 0.15) is 0 Å². The summed E-state index contributed by atoms with van der Waals surface area (Å²) in [6, 6.07) is 1.08. The zero-order valence-electron chi connectivity index (χ0n) is 7.80. The number of hydrogen-bond donors (Lipinski definition) is 2. The monoisotopic (exact) mass is 199 g/mol. The lowest BCUT2D eigenvalue weighted by atomic mass is 10.1. The molecule has 1 amide bonds. The van der Waals surface area contributed by atoms with Gasteiger partial charge >= 0.3 is 0 Å². The smallest absolute Gasteiger partial charge is 0.252 e. The zero-order chi connectivity index (χ0) is 10.9. The van der Waals surface area contributed by atoms with Crippen LogP contribution in [-0.2, 0) is 0 Å². The van der Waals surface area contributed by atoms with Gasteiger partial charge in [0.15, 0.2) is 17.3 Å². The van der Waals surface area contributed by atoms with Gasteiger partial charge in [0.25, 0.3) is 5.91 Å². The lowest BCUT2D eigenvalue weighted by molar-refractivity contribution is 0.0996. The summed E-state index contributed by atoms with van der Waals surface area (Å²) in [5, 5.41) is 9.46. The van der Waals surface area contributed by atoms with E-state index in [1.807, 2.05) is 0 Å². The molecule has 1 aromatic rings. The van der Waals surface area contributed by atoms with Crippen molar-refractivity contribution in [1.29, 1.82) is 0 Å². The van der Waals surface area contributed by atoms with Gasteiger partial charge in [-0.1, -0.05) is 0 Å². The Hall–Kier alpha value is -1.78. The first-order valence-corrected chi connectivity index (χ1v) is 3.85. The topological polar surface area (TPSA) is 72.5 Å². The minimum Gasteiger partial charge on any atom is -0.504 e. The molecule has 5 heteroatoms. The number of halogens is 1. The summed E-state index contributed by atoms with van der Waals surface area (Å²) in [5.74, 6) is -2.48. The van der Waals surface area contributed by atoms with E-state index in [4.69, 9.17) is 5.73 Å². The summed E-state index contributed by atoms with van der Waals surface area (Å²) in [6.45, 7) is 1.47. The largest absolute Gasteiger partial charge is 0.504 e. The van der Waals surface area contributed by atoms with E-state index in [1.54, 1.807) is 0 Å². The summed E-state index contributed by atoms with van der Waals surface area (Å²) in [5.41, 5.74) is 5.16. The second kappa shape index (κ2) is 3.53. The third-order valence-corrected chi connectivity index (χ3v) is 1.86. The molecular weight excluding hydrogens is 189 g/mol. The summed E-state index contributed by atoms with van der Waals surface area (Å²) in [4.78, 5) is 10.9. The molecule has 0 saturated carbocycles. The SMILES string of the molecule is COc1c(F)cc(C)c(C(N)=O)c1O. The van der Waals surface area contributed by atoms with Crippen LogP contribution in [0.25, 0.3) is 0 Å². The number of ether oxygens (including phenoxy) is 1. The maximum absolute atomic E-state index is 13.1. The van der Waals surface area contributed by atoms with Gasteiger partial charge in [0.05, 0.1) is 12.7 Å². The summed E-state index contributed by atoms with van der Waals surface area (Å²) < 4.78 is 17.7. The van der Waals surface area contributed by atoms with Crippen LogP contribution in [0.2, 0.25) is 0 Å². The molecule has 0 unspecified atom stereocenters. The van der Waals surface area contributed by atoms with E-state index in [9.17, 15) is 14.3 Å². The first-order valence-electron chi connectivity index (χ1n) is 3.85. The van der Waals surface area contributed by atoms with Gasteiger partial charge in [-0.3, -0.25) is 4.79 Å². The van der Waals surface area contributed by atoms with Crippen LogP contribution in [0.15, 0.2) is 6.07 Å². The molecule has 14 heavy (non-hydrogen) atoms. The highest BCUT2D eigenvalue weighted by molar-refractivity contribution is 5.97. The number of amides is 1. The summed E-state index contributed by atoms with van der Waals surface area (Å²) in [7, 11) is 1.19. The fraction of sp³-hybridized carbons (Fsp3) is 0.222. The predicted octanol–water partition coefficient (Wildman–Crippen LogP) is 0.947. The third-order valence-electron chi connectivity index (χ3n) is 1.86. The van der Waals surface area contributed by atoms with Gasteiger partial charge in [-0.05, 0) is 18.6 Å². The van der Waals surface area contributed by atoms with Crippen LogP contribution in [0.3, 0.4) is 0 Å². The number of phenols is 1. The molecule has 0 aromatic heterocycles. The molecule has 3 N–H and O–H groups in total. The Morgan fingerprint density at radius 2 is 2.21 bits per heavy atom. The van der Waals surface area contributed by atoms with Crippen LogP contribution in [0, 0.1) is 12.7 Å². The molecule has 0 fully saturated rings. The minimum absolute atomic E-state index is 0.122. The number of benzene rings is 1. The molecule has 0 atom stereocenters. The van der Waals surface area contributed by atoms with Crippen molar-refractivity contribution in [3.8, 4) is 11.5 Å². The van der Waals surface area contributed by atoms with Gasteiger partial charge < -0.3 is 15.6 Å². The number of aromatic hydroxyl groups is 1. The normalized spacial score (nSPS) is 9.93. The lowest BCUT2D eigenvalue weighted by Crippen LogP contribution is -2.13. The second-order valence-electron chi connectivity index (χ2n) is 2.80. The number of carbonyl (C=O) groups excluding carboxylic acids is 1. The maximum Gasteiger partial charge on any atom is 0.252 e. The van der Waals surface area contributed by atoms with Gasteiger partial charge in [-0.15, -0.1) is 0 Å². The number of rotatable bonds is 2. The standard InChI is InChI=1S/C9H10FNO3/c1-4-3-5(10)8(14-2)7(12)6(4)9(11)13/h3,12H,1-2H3,(H2,11,13). The van der Waals surface area contributed by atoms with Crippen LogP contribution < -0.4 is 10.5 Å². The van der Waals surface area contributed by atoms with Crippen LogP contribution in [0.1, 0.15) is 15.9 Å². The lowest BCUT2D eigenvalue weighted by Gasteiger charge is -2.10. The summed E-state index contributed by atoms with van der Waals surface area (Å²) >= 11 is 0. The Balaban J connectivity index is 3.52. The van der Waals surface area contributed by atoms with Crippen molar-refractivity contribution in [2.75, 3.05) is 7.11 Å². The number of hydrogen-bond acceptors (Lipinski definition) is 3. The number of methoxy groups -OCH3 is 1. The molecule has 1 aromatic carbocycles. The number of primary amides is 1. The minimum atomic E-state index is -0.821. The highest BCUT2D eigenvalue weighted by Crippen LogP contribution is 2.34. The van der Waals surface area contributed by atoms with E-state index in [-0.39, 0.29) is 16.9 Å². The molecular formula is C9H10FNO3. The number of nitrogens with two attached hydrogens (primary N) is 1. The Labute approximate surface area is 80.1 Å².